The molecule has 2 saturated heterocycles. The minimum absolute atomic E-state index is 0.0263. The molecule has 2 aromatic rings. The molecule has 1 aliphatic carbocycles. The van der Waals surface area contributed by atoms with E-state index in [9.17, 15) is 14.9 Å². The van der Waals surface area contributed by atoms with Crippen molar-refractivity contribution < 1.29 is 19.1 Å². The quantitative estimate of drug-likeness (QED) is 0.559. The molecule has 38 heavy (non-hydrogen) atoms. The topological polar surface area (TPSA) is 109 Å². The monoisotopic (exact) mass is 539 g/mol. The first kappa shape index (κ1) is 26.7. The molecule has 3 aliphatic rings. The Balaban J connectivity index is 1.20. The Kier molecular flexibility index (Phi) is 7.78. The van der Waals surface area contributed by atoms with Crippen molar-refractivity contribution in [1.82, 2.24) is 20.0 Å². The van der Waals surface area contributed by atoms with Gasteiger partial charge in [-0.3, -0.25) is 14.4 Å². The first-order valence-electron chi connectivity index (χ1n) is 13.6. The van der Waals surface area contributed by atoms with Gasteiger partial charge in [0.05, 0.1) is 12.3 Å². The molecule has 9 nitrogen and oxygen atoms in total. The summed E-state index contributed by atoms with van der Waals surface area (Å²) >= 11 is 1.61. The third kappa shape index (κ3) is 6.05. The van der Waals surface area contributed by atoms with E-state index in [0.29, 0.717) is 12.3 Å². The van der Waals surface area contributed by atoms with Gasteiger partial charge in [0.1, 0.15) is 17.7 Å². The first-order chi connectivity index (χ1) is 18.2. The van der Waals surface area contributed by atoms with Gasteiger partial charge in [-0.1, -0.05) is 0 Å². The number of carbonyl (C=O) groups excluding carboxylic acids is 2. The predicted octanol–water partition coefficient (Wildman–Crippen LogP) is 4.38. The van der Waals surface area contributed by atoms with Gasteiger partial charge in [-0.25, -0.2) is 4.79 Å². The summed E-state index contributed by atoms with van der Waals surface area (Å²) in [5, 5.41) is 17.3. The van der Waals surface area contributed by atoms with E-state index in [4.69, 9.17) is 9.47 Å². The van der Waals surface area contributed by atoms with Crippen LogP contribution in [0.15, 0.2) is 24.5 Å². The molecule has 0 radical (unpaired) electrons. The van der Waals surface area contributed by atoms with Crippen molar-refractivity contribution in [2.24, 2.45) is 11.8 Å². The molecular weight excluding hydrogens is 502 g/mol. The molecule has 0 aromatic carbocycles. The molecule has 1 saturated carbocycles. The molecule has 1 N–H and O–H groups in total. The first-order valence-corrected chi connectivity index (χ1v) is 14.4. The highest BCUT2D eigenvalue weighted by Crippen LogP contribution is 2.43. The fourth-order valence-electron chi connectivity index (χ4n) is 5.92. The van der Waals surface area contributed by atoms with Crippen LogP contribution in [-0.4, -0.2) is 63.6 Å². The highest BCUT2D eigenvalue weighted by molar-refractivity contribution is 7.15. The van der Waals surface area contributed by atoms with Gasteiger partial charge in [-0.15, -0.1) is 11.3 Å². The summed E-state index contributed by atoms with van der Waals surface area (Å²) < 4.78 is 13.1. The molecular formula is C28H37N5O4S. The lowest BCUT2D eigenvalue weighted by atomic mass is 9.97. The molecule has 5 rings (SSSR count). The number of nitrogens with zero attached hydrogens (tertiary/aromatic N) is 4. The SMILES string of the molecule is CC(C)(C)OC(=O)N1[C@@H]2CC[C@@H](C2)[C@H]1C(=O)N[C@H](C#N)Cc1ccc(-c2cnn(CC3CCOCC3)c2)s1. The van der Waals surface area contributed by atoms with Gasteiger partial charge < -0.3 is 14.8 Å². The lowest BCUT2D eigenvalue weighted by Gasteiger charge is -2.35. The summed E-state index contributed by atoms with van der Waals surface area (Å²) in [6.45, 7) is 8.02. The van der Waals surface area contributed by atoms with E-state index in [1.165, 1.54) is 0 Å². The van der Waals surface area contributed by atoms with E-state index in [-0.39, 0.29) is 17.9 Å². The van der Waals surface area contributed by atoms with Crippen LogP contribution in [0.5, 0.6) is 0 Å². The van der Waals surface area contributed by atoms with Crippen LogP contribution in [0.3, 0.4) is 0 Å². The van der Waals surface area contributed by atoms with E-state index in [1.807, 2.05) is 43.8 Å². The van der Waals surface area contributed by atoms with Gasteiger partial charge in [0.25, 0.3) is 0 Å². The summed E-state index contributed by atoms with van der Waals surface area (Å²) in [6, 6.07) is 5.07. The van der Waals surface area contributed by atoms with Gasteiger partial charge in [0.2, 0.25) is 5.91 Å². The summed E-state index contributed by atoms with van der Waals surface area (Å²) in [6.07, 6.45) is 8.68. The Labute approximate surface area is 228 Å². The number of nitriles is 1. The Morgan fingerprint density at radius 3 is 2.79 bits per heavy atom. The second kappa shape index (κ2) is 11.1. The number of carbonyl (C=O) groups is 2. The molecule has 2 aromatic heterocycles. The van der Waals surface area contributed by atoms with Crippen LogP contribution in [0.1, 0.15) is 57.8 Å². The van der Waals surface area contributed by atoms with Crippen LogP contribution < -0.4 is 5.32 Å². The molecule has 0 spiro atoms. The number of ether oxygens (including phenoxy) is 2. The van der Waals surface area contributed by atoms with Crippen molar-refractivity contribution in [2.45, 2.75) is 89.6 Å². The number of rotatable bonds is 7. The smallest absolute Gasteiger partial charge is 0.411 e. The second-order valence-electron chi connectivity index (χ2n) is 11.7. The zero-order chi connectivity index (χ0) is 26.9. The van der Waals surface area contributed by atoms with E-state index in [2.05, 4.69) is 22.7 Å². The van der Waals surface area contributed by atoms with Crippen LogP contribution in [0, 0.1) is 23.2 Å². The van der Waals surface area contributed by atoms with Crippen molar-refractivity contribution in [3.63, 3.8) is 0 Å². The van der Waals surface area contributed by atoms with Gasteiger partial charge >= 0.3 is 6.09 Å². The van der Waals surface area contributed by atoms with E-state index >= 15 is 0 Å². The Morgan fingerprint density at radius 1 is 1.26 bits per heavy atom. The Morgan fingerprint density at radius 2 is 2.05 bits per heavy atom. The number of aromatic nitrogens is 2. The van der Waals surface area contributed by atoms with Gasteiger partial charge in [-0.05, 0) is 76.8 Å². The molecule has 10 heteroatoms. The zero-order valence-electron chi connectivity index (χ0n) is 22.4. The summed E-state index contributed by atoms with van der Waals surface area (Å²) in [4.78, 5) is 30.0. The van der Waals surface area contributed by atoms with Gasteiger partial charge in [-0.2, -0.15) is 10.4 Å². The summed E-state index contributed by atoms with van der Waals surface area (Å²) in [5.41, 5.74) is 0.425. The van der Waals surface area contributed by atoms with E-state index in [0.717, 1.165) is 67.2 Å². The fourth-order valence-corrected chi connectivity index (χ4v) is 6.95. The number of piperidine rings is 1. The molecule has 204 valence electrons. The van der Waals surface area contributed by atoms with Crippen LogP contribution in [0.4, 0.5) is 4.79 Å². The van der Waals surface area contributed by atoms with Crippen molar-refractivity contribution in [2.75, 3.05) is 13.2 Å². The molecule has 2 aliphatic heterocycles. The number of fused-ring (bicyclic) bond motifs is 2. The minimum Gasteiger partial charge on any atom is -0.444 e. The second-order valence-corrected chi connectivity index (χ2v) is 12.9. The van der Waals surface area contributed by atoms with Crippen molar-refractivity contribution >= 4 is 23.3 Å². The maximum Gasteiger partial charge on any atom is 0.411 e. The third-order valence-electron chi connectivity index (χ3n) is 7.70. The average molecular weight is 540 g/mol. The maximum absolute atomic E-state index is 13.3. The number of likely N-dealkylation sites (tertiary alicyclic amines) is 1. The van der Waals surface area contributed by atoms with Crippen LogP contribution in [0.2, 0.25) is 0 Å². The van der Waals surface area contributed by atoms with Gasteiger partial charge in [0, 0.05) is 53.7 Å². The number of amides is 2. The lowest BCUT2D eigenvalue weighted by Crippen LogP contribution is -2.55. The fraction of sp³-hybridized carbons (Fsp3) is 0.643. The number of hydrogen-bond donors (Lipinski definition) is 1. The van der Waals surface area contributed by atoms with E-state index in [1.54, 1.807) is 16.2 Å². The van der Waals surface area contributed by atoms with E-state index < -0.39 is 23.8 Å². The normalized spacial score (nSPS) is 24.3. The van der Waals surface area contributed by atoms with Crippen LogP contribution in [-0.2, 0) is 27.2 Å². The van der Waals surface area contributed by atoms with Crippen LogP contribution in [0.25, 0.3) is 10.4 Å². The van der Waals surface area contributed by atoms with Crippen molar-refractivity contribution in [3.8, 4) is 16.5 Å². The Hall–Kier alpha value is -2.90. The average Bonchev–Trinajstić information content (AvgIpc) is 3.67. The number of nitrogens with one attached hydrogen (secondary N) is 1. The predicted molar refractivity (Wildman–Crippen MR) is 143 cm³/mol. The standard InChI is InChI=1S/C28H37N5O4S/c1-28(2,3)37-27(35)33-22-5-4-19(12-22)25(33)26(34)31-21(14-29)13-23-6-7-24(38-23)20-15-30-32(17-20)16-18-8-10-36-11-9-18/h6-7,15,17-19,21-22,25H,4-5,8-13,16H2,1-3H3,(H,31,34)/t19-,21-,22+,25-/m0/s1. The molecule has 4 atom stereocenters. The Bertz CT molecular complexity index is 1190. The highest BCUT2D eigenvalue weighted by atomic mass is 32.1. The largest absolute Gasteiger partial charge is 0.444 e. The van der Waals surface area contributed by atoms with Crippen LogP contribution >= 0.6 is 11.3 Å². The van der Waals surface area contributed by atoms with Crippen molar-refractivity contribution in [1.29, 1.82) is 5.26 Å². The molecule has 3 fully saturated rings. The minimum atomic E-state index is -0.676. The lowest BCUT2D eigenvalue weighted by molar-refractivity contribution is -0.128. The third-order valence-corrected chi connectivity index (χ3v) is 8.86. The van der Waals surface area contributed by atoms with Crippen molar-refractivity contribution in [3.05, 3.63) is 29.4 Å². The summed E-state index contributed by atoms with van der Waals surface area (Å²) in [5.74, 6) is 0.440. The number of hydrogen-bond acceptors (Lipinski definition) is 7. The maximum atomic E-state index is 13.3. The zero-order valence-corrected chi connectivity index (χ0v) is 23.2. The summed E-state index contributed by atoms with van der Waals surface area (Å²) in [7, 11) is 0. The molecule has 2 bridgehead atoms. The molecule has 0 unspecified atom stereocenters. The molecule has 4 heterocycles. The number of thiophene rings is 1. The van der Waals surface area contributed by atoms with Gasteiger partial charge in [0.15, 0.2) is 0 Å². The molecule has 2 amide bonds. The highest BCUT2D eigenvalue weighted by Gasteiger charge is 2.52.